The number of nitrogens with one attached hydrogen (secondary N) is 4. The van der Waals surface area contributed by atoms with Crippen LogP contribution < -0.4 is 27.4 Å². The van der Waals surface area contributed by atoms with Gasteiger partial charge in [-0.1, -0.05) is 38.5 Å². The Morgan fingerprint density at radius 1 is 1.03 bits per heavy atom. The van der Waals surface area contributed by atoms with Crippen LogP contribution in [0.5, 0.6) is 0 Å². The summed E-state index contributed by atoms with van der Waals surface area (Å²) in [5, 5.41) is 17.5. The lowest BCUT2D eigenvalue weighted by Crippen LogP contribution is -2.59. The lowest BCUT2D eigenvalue weighted by atomic mass is 9.97. The summed E-state index contributed by atoms with van der Waals surface area (Å²) >= 11 is 4.07. The van der Waals surface area contributed by atoms with E-state index in [2.05, 4.69) is 33.6 Å². The van der Waals surface area contributed by atoms with Crippen LogP contribution in [0.25, 0.3) is 10.9 Å². The molecule has 13 heteroatoms. The van der Waals surface area contributed by atoms with Gasteiger partial charge in [-0.25, -0.2) is 4.79 Å². The van der Waals surface area contributed by atoms with Crippen LogP contribution in [-0.2, 0) is 30.4 Å². The number of aliphatic carboxylic acids is 1. The highest BCUT2D eigenvalue weighted by molar-refractivity contribution is 7.80. The Kier molecular flexibility index (Phi) is 10.9. The summed E-state index contributed by atoms with van der Waals surface area (Å²) in [6, 6.07) is 2.87. The number of aromatic amines is 1. The number of hydrogen-bond acceptors (Lipinski definition) is 7. The fourth-order valence-electron chi connectivity index (χ4n) is 3.72. The minimum atomic E-state index is -1.56. The van der Waals surface area contributed by atoms with E-state index >= 15 is 0 Å². The second-order valence-electron chi connectivity index (χ2n) is 8.86. The summed E-state index contributed by atoms with van der Waals surface area (Å²) in [5.74, 6) is -4.89. The molecule has 1 aromatic carbocycles. The Labute approximate surface area is 219 Å². The van der Waals surface area contributed by atoms with Crippen molar-refractivity contribution in [2.75, 3.05) is 5.75 Å². The van der Waals surface area contributed by atoms with Crippen molar-refractivity contribution < 1.29 is 29.1 Å². The zero-order valence-electron chi connectivity index (χ0n) is 20.7. The van der Waals surface area contributed by atoms with E-state index in [0.29, 0.717) is 6.42 Å². The molecule has 37 heavy (non-hydrogen) atoms. The molecule has 0 saturated carbocycles. The van der Waals surface area contributed by atoms with Gasteiger partial charge < -0.3 is 37.5 Å². The number of benzene rings is 1. The first-order chi connectivity index (χ1) is 17.5. The molecule has 0 aliphatic heterocycles. The van der Waals surface area contributed by atoms with Gasteiger partial charge in [-0.05, 0) is 24.0 Å². The lowest BCUT2D eigenvalue weighted by molar-refractivity contribution is -0.143. The minimum absolute atomic E-state index is 0.165. The van der Waals surface area contributed by atoms with Crippen LogP contribution in [0.4, 0.5) is 0 Å². The molecule has 2 rings (SSSR count). The predicted molar refractivity (Wildman–Crippen MR) is 141 cm³/mol. The Hall–Kier alpha value is -3.58. The van der Waals surface area contributed by atoms with Crippen molar-refractivity contribution in [1.82, 2.24) is 20.9 Å². The molecule has 1 aromatic heterocycles. The molecule has 0 fully saturated rings. The maximum atomic E-state index is 13.1. The minimum Gasteiger partial charge on any atom is -0.480 e. The lowest BCUT2D eigenvalue weighted by Gasteiger charge is -2.27. The van der Waals surface area contributed by atoms with E-state index in [0.717, 1.165) is 16.5 Å². The van der Waals surface area contributed by atoms with Crippen molar-refractivity contribution in [3.8, 4) is 0 Å². The zero-order valence-corrected chi connectivity index (χ0v) is 21.6. The van der Waals surface area contributed by atoms with Gasteiger partial charge in [0.25, 0.3) is 0 Å². The van der Waals surface area contributed by atoms with Gasteiger partial charge >= 0.3 is 5.97 Å². The number of hydrogen-bond donors (Lipinski definition) is 8. The van der Waals surface area contributed by atoms with E-state index in [9.17, 15) is 29.1 Å². The van der Waals surface area contributed by atoms with Crippen LogP contribution in [0, 0.1) is 5.92 Å². The molecule has 1 heterocycles. The van der Waals surface area contributed by atoms with Crippen LogP contribution in [0.3, 0.4) is 0 Å². The molecule has 0 radical (unpaired) electrons. The third-order valence-corrected chi connectivity index (χ3v) is 6.45. The van der Waals surface area contributed by atoms with Crippen LogP contribution in [0.15, 0.2) is 30.5 Å². The normalized spacial score (nSPS) is 15.1. The van der Waals surface area contributed by atoms with Crippen molar-refractivity contribution in [3.63, 3.8) is 0 Å². The van der Waals surface area contributed by atoms with E-state index in [4.69, 9.17) is 11.5 Å². The molecule has 0 saturated heterocycles. The van der Waals surface area contributed by atoms with Gasteiger partial charge in [-0.15, -0.1) is 0 Å². The van der Waals surface area contributed by atoms with Gasteiger partial charge in [0.1, 0.15) is 18.1 Å². The molecular weight excluding hydrogens is 500 g/mol. The summed E-state index contributed by atoms with van der Waals surface area (Å²) in [6.45, 7) is 3.60. The van der Waals surface area contributed by atoms with Gasteiger partial charge in [-0.3, -0.25) is 19.2 Å². The average molecular weight is 535 g/mol. The van der Waals surface area contributed by atoms with Crippen molar-refractivity contribution in [2.24, 2.45) is 17.4 Å². The van der Waals surface area contributed by atoms with Gasteiger partial charge in [0.05, 0.1) is 12.5 Å². The average Bonchev–Trinajstić information content (AvgIpc) is 3.26. The highest BCUT2D eigenvalue weighted by Gasteiger charge is 2.32. The molecule has 0 spiro atoms. The maximum absolute atomic E-state index is 13.1. The maximum Gasteiger partial charge on any atom is 0.326 e. The van der Waals surface area contributed by atoms with Gasteiger partial charge in [0.2, 0.25) is 23.6 Å². The number of thiol groups is 1. The number of H-pyrrole nitrogens is 1. The van der Waals surface area contributed by atoms with Gasteiger partial charge in [0, 0.05) is 22.9 Å². The summed E-state index contributed by atoms with van der Waals surface area (Å²) < 4.78 is 0. The smallest absolute Gasteiger partial charge is 0.326 e. The van der Waals surface area contributed by atoms with Crippen LogP contribution in [0.1, 0.15) is 32.3 Å². The summed E-state index contributed by atoms with van der Waals surface area (Å²) in [6.07, 6.45) is 1.94. The highest BCUT2D eigenvalue weighted by atomic mass is 32.1. The molecule has 9 N–H and O–H groups in total. The number of para-hydroxylation sites is 1. The number of amides is 4. The summed E-state index contributed by atoms with van der Waals surface area (Å²) in [7, 11) is 0. The Morgan fingerprint density at radius 3 is 2.27 bits per heavy atom. The standard InChI is InChI=1S/C24H34N6O6S/c1-3-12(2)20(23(34)29-18(11-37)22(33)28-17(24(35)36)9-19(26)31)30-21(32)15(25)8-13-10-27-16-7-5-4-6-14(13)16/h4-7,10,12,15,17-18,20,27,37H,3,8-9,11,25H2,1-2H3,(H2,26,31)(H,28,33)(H,29,34)(H,30,32)(H,35,36). The molecule has 202 valence electrons. The van der Waals surface area contributed by atoms with Crippen molar-refractivity contribution in [3.05, 3.63) is 36.0 Å². The first kappa shape index (κ1) is 29.6. The fraction of sp³-hybridized carbons (Fsp3) is 0.458. The molecule has 5 unspecified atom stereocenters. The number of fused-ring (bicyclic) bond motifs is 1. The number of carboxylic acids is 1. The molecule has 2 aromatic rings. The second kappa shape index (κ2) is 13.7. The van der Waals surface area contributed by atoms with Crippen LogP contribution >= 0.6 is 12.6 Å². The fourth-order valence-corrected chi connectivity index (χ4v) is 3.98. The van der Waals surface area contributed by atoms with Crippen molar-refractivity contribution >= 4 is 53.1 Å². The summed E-state index contributed by atoms with van der Waals surface area (Å²) in [5.41, 5.74) is 13.0. The number of carbonyl (C=O) groups is 5. The van der Waals surface area contributed by atoms with E-state index in [1.807, 2.05) is 31.2 Å². The number of nitrogens with two attached hydrogens (primary N) is 2. The molecule has 12 nitrogen and oxygen atoms in total. The Balaban J connectivity index is 2.08. The first-order valence-corrected chi connectivity index (χ1v) is 12.4. The molecule has 0 aliphatic rings. The number of rotatable bonds is 14. The zero-order chi connectivity index (χ0) is 27.7. The predicted octanol–water partition coefficient (Wildman–Crippen LogP) is -0.572. The summed E-state index contributed by atoms with van der Waals surface area (Å²) in [4.78, 5) is 64.1. The van der Waals surface area contributed by atoms with Crippen LogP contribution in [-0.4, -0.2) is 69.6 Å². The molecule has 0 aliphatic carbocycles. The second-order valence-corrected chi connectivity index (χ2v) is 9.22. The van der Waals surface area contributed by atoms with Gasteiger partial charge in [-0.2, -0.15) is 12.6 Å². The third-order valence-electron chi connectivity index (χ3n) is 6.08. The number of aromatic nitrogens is 1. The number of carboxylic acid groups (broad SMARTS) is 1. The monoisotopic (exact) mass is 534 g/mol. The van der Waals surface area contributed by atoms with Crippen LogP contribution in [0.2, 0.25) is 0 Å². The Morgan fingerprint density at radius 2 is 1.68 bits per heavy atom. The van der Waals surface area contributed by atoms with E-state index in [1.54, 1.807) is 13.1 Å². The largest absolute Gasteiger partial charge is 0.480 e. The molecule has 4 amide bonds. The van der Waals surface area contributed by atoms with E-state index in [-0.39, 0.29) is 18.1 Å². The third kappa shape index (κ3) is 8.22. The Bertz CT molecular complexity index is 1140. The van der Waals surface area contributed by atoms with E-state index in [1.165, 1.54) is 0 Å². The first-order valence-electron chi connectivity index (χ1n) is 11.8. The SMILES string of the molecule is CCC(C)C(NC(=O)C(N)Cc1c[nH]c2ccccc12)C(=O)NC(CS)C(=O)NC(CC(N)=O)C(=O)O. The molecular formula is C24H34N6O6S. The van der Waals surface area contributed by atoms with Gasteiger partial charge in [0.15, 0.2) is 0 Å². The molecule has 5 atom stereocenters. The van der Waals surface area contributed by atoms with Crippen molar-refractivity contribution in [1.29, 1.82) is 0 Å². The quantitative estimate of drug-likeness (QED) is 0.148. The van der Waals surface area contributed by atoms with Crippen molar-refractivity contribution in [2.45, 2.75) is 57.3 Å². The number of carbonyl (C=O) groups excluding carboxylic acids is 4. The topological polar surface area (TPSA) is 209 Å². The number of primary amides is 1. The highest BCUT2D eigenvalue weighted by Crippen LogP contribution is 2.19. The molecule has 0 bridgehead atoms. The van der Waals surface area contributed by atoms with E-state index < -0.39 is 60.2 Å².